The molecule has 0 aliphatic carbocycles. The number of likely N-dealkylation sites (tertiary alicyclic amines) is 2. The van der Waals surface area contributed by atoms with Gasteiger partial charge in [-0.05, 0) is 62.8 Å². The number of aliphatic hydroxyl groups is 1. The highest BCUT2D eigenvalue weighted by Crippen LogP contribution is 2.24. The van der Waals surface area contributed by atoms with Gasteiger partial charge in [0.2, 0.25) is 0 Å². The van der Waals surface area contributed by atoms with Crippen LogP contribution < -0.4 is 0 Å². The molecule has 1 N–H and O–H groups in total. The summed E-state index contributed by atoms with van der Waals surface area (Å²) in [4.78, 5) is 17.1. The van der Waals surface area contributed by atoms with Crippen LogP contribution in [0.1, 0.15) is 67.8 Å². The summed E-state index contributed by atoms with van der Waals surface area (Å²) in [5.74, 6) is 0.172. The number of benzene rings is 1. The Morgan fingerprint density at radius 2 is 1.92 bits per heavy atom. The fraction of sp³-hybridized carbons (Fsp3) is 0.667. The lowest BCUT2D eigenvalue weighted by atomic mass is 9.95. The molecule has 2 heterocycles. The Balaban J connectivity index is 1.69. The van der Waals surface area contributed by atoms with Crippen molar-refractivity contribution in [1.29, 1.82) is 0 Å². The van der Waals surface area contributed by atoms with Crippen molar-refractivity contribution in [2.24, 2.45) is 0 Å². The smallest absolute Gasteiger partial charge is 0.253 e. The van der Waals surface area contributed by atoms with Gasteiger partial charge in [0, 0.05) is 31.2 Å². The normalized spacial score (nSPS) is 23.4. The number of piperidine rings is 2. The van der Waals surface area contributed by atoms with Crippen LogP contribution in [0.15, 0.2) is 24.3 Å². The predicted octanol–water partition coefficient (Wildman–Crippen LogP) is 3.44. The molecule has 0 aromatic heterocycles. The molecule has 2 fully saturated rings. The highest BCUT2D eigenvalue weighted by molar-refractivity contribution is 5.94. The number of carbonyl (C=O) groups is 1. The molecule has 1 aromatic rings. The van der Waals surface area contributed by atoms with Gasteiger partial charge in [-0.2, -0.15) is 0 Å². The molecule has 2 unspecified atom stereocenters. The van der Waals surface area contributed by atoms with Crippen LogP contribution in [0.4, 0.5) is 0 Å². The summed E-state index contributed by atoms with van der Waals surface area (Å²) in [5.41, 5.74) is 1.99. The van der Waals surface area contributed by atoms with E-state index in [-0.39, 0.29) is 18.1 Å². The average Bonchev–Trinajstić information content (AvgIpc) is 2.68. The number of nitrogens with zero attached hydrogens (tertiary/aromatic N) is 2. The van der Waals surface area contributed by atoms with Crippen molar-refractivity contribution >= 4 is 5.91 Å². The highest BCUT2D eigenvalue weighted by Gasteiger charge is 2.28. The third kappa shape index (κ3) is 4.62. The van der Waals surface area contributed by atoms with Gasteiger partial charge >= 0.3 is 0 Å². The molecule has 138 valence electrons. The third-order valence-electron chi connectivity index (χ3n) is 5.73. The maximum Gasteiger partial charge on any atom is 0.253 e. The van der Waals surface area contributed by atoms with Gasteiger partial charge in [-0.3, -0.25) is 9.69 Å². The molecule has 1 aromatic carbocycles. The van der Waals surface area contributed by atoms with Gasteiger partial charge in [0.1, 0.15) is 0 Å². The van der Waals surface area contributed by atoms with Crippen molar-refractivity contribution in [1.82, 2.24) is 9.80 Å². The number of rotatable bonds is 5. The minimum Gasteiger partial charge on any atom is -0.392 e. The summed E-state index contributed by atoms with van der Waals surface area (Å²) in [6.45, 7) is 5.68. The molecule has 2 saturated heterocycles. The minimum absolute atomic E-state index is 0.172. The van der Waals surface area contributed by atoms with Crippen LogP contribution >= 0.6 is 0 Å². The van der Waals surface area contributed by atoms with E-state index in [0.29, 0.717) is 0 Å². The fourth-order valence-corrected chi connectivity index (χ4v) is 4.24. The molecule has 0 bridgehead atoms. The SMILES string of the molecule is CCC(O)C1CCCCN1Cc1cccc(C(=O)N2CCCCC2)c1. The lowest BCUT2D eigenvalue weighted by Crippen LogP contribution is -2.46. The first-order valence-corrected chi connectivity index (χ1v) is 9.99. The topological polar surface area (TPSA) is 43.8 Å². The van der Waals surface area contributed by atoms with Crippen LogP contribution in [0, 0.1) is 0 Å². The third-order valence-corrected chi connectivity index (χ3v) is 5.73. The van der Waals surface area contributed by atoms with Crippen LogP contribution in [-0.4, -0.2) is 52.6 Å². The average molecular weight is 344 g/mol. The lowest BCUT2D eigenvalue weighted by molar-refractivity contribution is 0.0195. The molecule has 3 rings (SSSR count). The Bertz CT molecular complexity index is 569. The van der Waals surface area contributed by atoms with Gasteiger partial charge in [-0.25, -0.2) is 0 Å². The zero-order chi connectivity index (χ0) is 17.6. The molecule has 1 amide bonds. The second-order valence-electron chi connectivity index (χ2n) is 7.56. The van der Waals surface area contributed by atoms with Gasteiger partial charge in [0.25, 0.3) is 5.91 Å². The van der Waals surface area contributed by atoms with E-state index < -0.39 is 0 Å². The van der Waals surface area contributed by atoms with Crippen LogP contribution in [-0.2, 0) is 6.54 Å². The summed E-state index contributed by atoms with van der Waals surface area (Å²) in [5, 5.41) is 10.3. The second-order valence-corrected chi connectivity index (χ2v) is 7.56. The summed E-state index contributed by atoms with van der Waals surface area (Å²) >= 11 is 0. The quantitative estimate of drug-likeness (QED) is 0.890. The van der Waals surface area contributed by atoms with Crippen molar-refractivity contribution < 1.29 is 9.90 Å². The Hall–Kier alpha value is -1.39. The molecule has 4 heteroatoms. The maximum atomic E-state index is 12.7. The molecule has 2 atom stereocenters. The van der Waals surface area contributed by atoms with Crippen molar-refractivity contribution in [2.45, 2.75) is 70.6 Å². The first-order valence-electron chi connectivity index (χ1n) is 9.99. The summed E-state index contributed by atoms with van der Waals surface area (Å²) in [6, 6.07) is 8.36. The molecule has 0 radical (unpaired) electrons. The molecular formula is C21H32N2O2. The van der Waals surface area contributed by atoms with E-state index >= 15 is 0 Å². The zero-order valence-electron chi connectivity index (χ0n) is 15.5. The monoisotopic (exact) mass is 344 g/mol. The highest BCUT2D eigenvalue weighted by atomic mass is 16.3. The number of carbonyl (C=O) groups excluding carboxylic acids is 1. The summed E-state index contributed by atoms with van der Waals surface area (Å²) in [6.07, 6.45) is 7.49. The molecule has 2 aliphatic rings. The van der Waals surface area contributed by atoms with Gasteiger partial charge in [-0.15, -0.1) is 0 Å². The molecule has 4 nitrogen and oxygen atoms in total. The standard InChI is InChI=1S/C21H32N2O2/c1-2-20(24)19-11-4-7-14-23(19)16-17-9-8-10-18(15-17)21(25)22-12-5-3-6-13-22/h8-10,15,19-20,24H,2-7,11-14,16H2,1H3. The van der Waals surface area contributed by atoms with Gasteiger partial charge in [0.05, 0.1) is 6.10 Å². The summed E-state index contributed by atoms with van der Waals surface area (Å²) < 4.78 is 0. The van der Waals surface area contributed by atoms with Crippen molar-refractivity contribution in [2.75, 3.05) is 19.6 Å². The minimum atomic E-state index is -0.251. The van der Waals surface area contributed by atoms with E-state index in [1.54, 1.807) is 0 Å². The van der Waals surface area contributed by atoms with E-state index in [2.05, 4.69) is 24.0 Å². The van der Waals surface area contributed by atoms with E-state index in [1.807, 2.05) is 17.0 Å². The van der Waals surface area contributed by atoms with Gasteiger partial charge < -0.3 is 10.0 Å². The van der Waals surface area contributed by atoms with Crippen LogP contribution in [0.2, 0.25) is 0 Å². The Labute approximate surface area is 151 Å². The Morgan fingerprint density at radius 3 is 2.68 bits per heavy atom. The first kappa shape index (κ1) is 18.4. The zero-order valence-corrected chi connectivity index (χ0v) is 15.5. The number of aliphatic hydroxyl groups excluding tert-OH is 1. The Kier molecular flexibility index (Phi) is 6.49. The second kappa shape index (κ2) is 8.81. The lowest BCUT2D eigenvalue weighted by Gasteiger charge is -2.38. The van der Waals surface area contributed by atoms with Crippen molar-refractivity contribution in [3.05, 3.63) is 35.4 Å². The summed E-state index contributed by atoms with van der Waals surface area (Å²) in [7, 11) is 0. The van der Waals surface area contributed by atoms with E-state index in [9.17, 15) is 9.90 Å². The molecule has 0 spiro atoms. The van der Waals surface area contributed by atoms with Crippen LogP contribution in [0.3, 0.4) is 0 Å². The number of amides is 1. The molecular weight excluding hydrogens is 312 g/mol. The van der Waals surface area contributed by atoms with Crippen molar-refractivity contribution in [3.8, 4) is 0 Å². The fourth-order valence-electron chi connectivity index (χ4n) is 4.24. The first-order chi connectivity index (χ1) is 12.2. The van der Waals surface area contributed by atoms with Crippen molar-refractivity contribution in [3.63, 3.8) is 0 Å². The van der Waals surface area contributed by atoms with E-state index in [0.717, 1.165) is 57.4 Å². The van der Waals surface area contributed by atoms with Gasteiger partial charge in [-0.1, -0.05) is 25.5 Å². The van der Waals surface area contributed by atoms with Crippen LogP contribution in [0.5, 0.6) is 0 Å². The Morgan fingerprint density at radius 1 is 1.16 bits per heavy atom. The molecule has 25 heavy (non-hydrogen) atoms. The van der Waals surface area contributed by atoms with Gasteiger partial charge in [0.15, 0.2) is 0 Å². The number of hydrogen-bond donors (Lipinski definition) is 1. The van der Waals surface area contributed by atoms with E-state index in [1.165, 1.54) is 24.8 Å². The largest absolute Gasteiger partial charge is 0.392 e. The predicted molar refractivity (Wildman–Crippen MR) is 101 cm³/mol. The molecule has 0 saturated carbocycles. The van der Waals surface area contributed by atoms with E-state index in [4.69, 9.17) is 0 Å². The maximum absolute atomic E-state index is 12.7. The molecule has 2 aliphatic heterocycles. The number of hydrogen-bond acceptors (Lipinski definition) is 3. The van der Waals surface area contributed by atoms with Crippen LogP contribution in [0.25, 0.3) is 0 Å².